The van der Waals surface area contributed by atoms with E-state index in [4.69, 9.17) is 14.0 Å². The number of carboxylic acids is 1. The number of aromatic nitrogens is 1. The summed E-state index contributed by atoms with van der Waals surface area (Å²) in [7, 11) is 1.58. The normalized spacial score (nSPS) is 22.3. The molecule has 1 amide bonds. The Morgan fingerprint density at radius 3 is 2.47 bits per heavy atom. The monoisotopic (exact) mass is 500 g/mol. The SMILES string of the molecule is CCOCC1CC(CC(C)C)(C(=O)O)N(C(=O)c2ccc(C(C)(C)C)c(OC)c2)C1c1cc(C)on1. The zero-order chi connectivity index (χ0) is 26.8. The van der Waals surface area contributed by atoms with Crippen LogP contribution in [0.3, 0.4) is 0 Å². The molecule has 1 aromatic carbocycles. The van der Waals surface area contributed by atoms with Crippen molar-refractivity contribution in [2.24, 2.45) is 11.8 Å². The highest BCUT2D eigenvalue weighted by molar-refractivity contribution is 5.99. The van der Waals surface area contributed by atoms with E-state index >= 15 is 0 Å². The average Bonchev–Trinajstić information content (AvgIpc) is 3.37. The first-order valence-corrected chi connectivity index (χ1v) is 12.6. The van der Waals surface area contributed by atoms with E-state index in [-0.39, 0.29) is 29.6 Å². The van der Waals surface area contributed by atoms with Gasteiger partial charge in [-0.3, -0.25) is 4.79 Å². The summed E-state index contributed by atoms with van der Waals surface area (Å²) in [4.78, 5) is 28.8. The molecule has 0 saturated carbocycles. The minimum absolute atomic E-state index is 0.0414. The average molecular weight is 501 g/mol. The molecule has 3 rings (SSSR count). The van der Waals surface area contributed by atoms with Gasteiger partial charge >= 0.3 is 5.97 Å². The summed E-state index contributed by atoms with van der Waals surface area (Å²) < 4.78 is 16.8. The molecule has 0 bridgehead atoms. The lowest BCUT2D eigenvalue weighted by atomic mass is 9.83. The number of hydrogen-bond acceptors (Lipinski definition) is 6. The summed E-state index contributed by atoms with van der Waals surface area (Å²) in [5, 5.41) is 14.9. The highest BCUT2D eigenvalue weighted by Crippen LogP contribution is 2.50. The fourth-order valence-electron chi connectivity index (χ4n) is 5.48. The van der Waals surface area contributed by atoms with Crippen molar-refractivity contribution < 1.29 is 28.7 Å². The smallest absolute Gasteiger partial charge is 0.329 e. The Morgan fingerprint density at radius 2 is 1.97 bits per heavy atom. The number of aliphatic carboxylic acids is 1. The number of aryl methyl sites for hydroxylation is 1. The Morgan fingerprint density at radius 1 is 1.28 bits per heavy atom. The lowest BCUT2D eigenvalue weighted by molar-refractivity contribution is -0.150. The maximum atomic E-state index is 14.3. The summed E-state index contributed by atoms with van der Waals surface area (Å²) in [5.41, 5.74) is 0.270. The summed E-state index contributed by atoms with van der Waals surface area (Å²) in [6.07, 6.45) is 0.571. The molecular formula is C28H40N2O6. The van der Waals surface area contributed by atoms with Crippen LogP contribution in [0.5, 0.6) is 5.75 Å². The first-order valence-electron chi connectivity index (χ1n) is 12.6. The predicted molar refractivity (Wildman–Crippen MR) is 136 cm³/mol. The molecule has 3 atom stereocenters. The van der Waals surface area contributed by atoms with Crippen LogP contribution in [0.2, 0.25) is 0 Å². The Balaban J connectivity index is 2.21. The topological polar surface area (TPSA) is 102 Å². The van der Waals surface area contributed by atoms with Crippen LogP contribution >= 0.6 is 0 Å². The molecule has 0 radical (unpaired) electrons. The van der Waals surface area contributed by atoms with Gasteiger partial charge in [0.2, 0.25) is 0 Å². The van der Waals surface area contributed by atoms with E-state index in [1.165, 1.54) is 4.90 Å². The molecule has 1 fully saturated rings. The van der Waals surface area contributed by atoms with Gasteiger partial charge in [0.25, 0.3) is 5.91 Å². The van der Waals surface area contributed by atoms with Gasteiger partial charge < -0.3 is 24.0 Å². The van der Waals surface area contributed by atoms with Crippen LogP contribution in [-0.4, -0.2) is 52.9 Å². The van der Waals surface area contributed by atoms with Crippen LogP contribution in [-0.2, 0) is 14.9 Å². The van der Waals surface area contributed by atoms with Crippen molar-refractivity contribution in [2.45, 2.75) is 78.3 Å². The number of nitrogens with zero attached hydrogens (tertiary/aromatic N) is 2. The van der Waals surface area contributed by atoms with Gasteiger partial charge in [0.15, 0.2) is 0 Å². The van der Waals surface area contributed by atoms with Gasteiger partial charge in [0, 0.05) is 24.2 Å². The molecule has 1 aromatic heterocycles. The molecule has 2 heterocycles. The summed E-state index contributed by atoms with van der Waals surface area (Å²) >= 11 is 0. The van der Waals surface area contributed by atoms with Crippen LogP contribution in [0, 0.1) is 18.8 Å². The first kappa shape index (κ1) is 27.7. The minimum Gasteiger partial charge on any atom is -0.496 e. The Hall–Kier alpha value is -2.87. The molecule has 1 saturated heterocycles. The molecule has 8 heteroatoms. The molecule has 2 aromatic rings. The number of amides is 1. The van der Waals surface area contributed by atoms with Crippen molar-refractivity contribution in [3.05, 3.63) is 46.8 Å². The molecule has 198 valence electrons. The standard InChI is InChI=1S/C28H40N2O6/c1-9-35-16-20-15-28(26(32)33,14-17(2)3)30(24(20)22-12-18(4)36-29-22)25(31)19-10-11-21(27(5,6)7)23(13-19)34-8/h10-13,17,20,24H,9,14-16H2,1-8H3,(H,32,33). The molecule has 1 aliphatic rings. The van der Waals surface area contributed by atoms with Crippen molar-refractivity contribution >= 4 is 11.9 Å². The van der Waals surface area contributed by atoms with Gasteiger partial charge in [-0.25, -0.2) is 4.79 Å². The number of rotatable bonds is 9. The van der Waals surface area contributed by atoms with Crippen LogP contribution in [0.4, 0.5) is 0 Å². The molecular weight excluding hydrogens is 460 g/mol. The fourth-order valence-corrected chi connectivity index (χ4v) is 5.48. The number of methoxy groups -OCH3 is 1. The summed E-state index contributed by atoms with van der Waals surface area (Å²) in [6.45, 7) is 14.7. The van der Waals surface area contributed by atoms with E-state index in [0.29, 0.717) is 42.4 Å². The second-order valence-corrected chi connectivity index (χ2v) is 11.2. The van der Waals surface area contributed by atoms with Gasteiger partial charge in [-0.15, -0.1) is 0 Å². The molecule has 1 aliphatic heterocycles. The van der Waals surface area contributed by atoms with Crippen molar-refractivity contribution in [1.29, 1.82) is 0 Å². The lowest BCUT2D eigenvalue weighted by Crippen LogP contribution is -2.54. The first-order chi connectivity index (χ1) is 16.9. The van der Waals surface area contributed by atoms with E-state index < -0.39 is 17.6 Å². The van der Waals surface area contributed by atoms with Crippen LogP contribution in [0.1, 0.15) is 87.8 Å². The number of carbonyl (C=O) groups is 2. The van der Waals surface area contributed by atoms with E-state index in [1.807, 2.05) is 26.8 Å². The quantitative estimate of drug-likeness (QED) is 0.492. The van der Waals surface area contributed by atoms with Gasteiger partial charge in [-0.1, -0.05) is 45.8 Å². The largest absolute Gasteiger partial charge is 0.496 e. The van der Waals surface area contributed by atoms with Gasteiger partial charge in [-0.05, 0) is 55.7 Å². The third-order valence-electron chi connectivity index (χ3n) is 6.89. The summed E-state index contributed by atoms with van der Waals surface area (Å²) in [6, 6.07) is 6.53. The third-order valence-corrected chi connectivity index (χ3v) is 6.89. The third kappa shape index (κ3) is 5.28. The zero-order valence-electron chi connectivity index (χ0n) is 22.8. The van der Waals surface area contributed by atoms with Gasteiger partial charge in [0.1, 0.15) is 22.7 Å². The molecule has 3 unspecified atom stereocenters. The highest BCUT2D eigenvalue weighted by Gasteiger charge is 2.59. The van der Waals surface area contributed by atoms with E-state index in [0.717, 1.165) is 5.56 Å². The maximum absolute atomic E-state index is 14.3. The predicted octanol–water partition coefficient (Wildman–Crippen LogP) is 5.40. The number of benzene rings is 1. The minimum atomic E-state index is -1.42. The lowest BCUT2D eigenvalue weighted by Gasteiger charge is -2.39. The Bertz CT molecular complexity index is 1090. The van der Waals surface area contributed by atoms with E-state index in [1.54, 1.807) is 32.2 Å². The van der Waals surface area contributed by atoms with Gasteiger partial charge in [-0.2, -0.15) is 0 Å². The number of carbonyl (C=O) groups excluding carboxylic acids is 1. The molecule has 8 nitrogen and oxygen atoms in total. The number of likely N-dealkylation sites (tertiary alicyclic amines) is 1. The number of hydrogen-bond donors (Lipinski definition) is 1. The second kappa shape index (κ2) is 10.6. The molecule has 36 heavy (non-hydrogen) atoms. The second-order valence-electron chi connectivity index (χ2n) is 11.2. The highest BCUT2D eigenvalue weighted by atomic mass is 16.5. The number of carboxylic acid groups (broad SMARTS) is 1. The van der Waals surface area contributed by atoms with Crippen molar-refractivity contribution in [2.75, 3.05) is 20.3 Å². The van der Waals surface area contributed by atoms with Crippen LogP contribution in [0.25, 0.3) is 0 Å². The molecule has 0 spiro atoms. The zero-order valence-corrected chi connectivity index (χ0v) is 22.8. The van der Waals surface area contributed by atoms with E-state index in [2.05, 4.69) is 25.9 Å². The van der Waals surface area contributed by atoms with Crippen molar-refractivity contribution in [1.82, 2.24) is 10.1 Å². The van der Waals surface area contributed by atoms with E-state index in [9.17, 15) is 14.7 Å². The summed E-state index contributed by atoms with van der Waals surface area (Å²) in [5.74, 6) is -0.422. The van der Waals surface area contributed by atoms with Crippen molar-refractivity contribution in [3.63, 3.8) is 0 Å². The Kier molecular flexibility index (Phi) is 8.18. The maximum Gasteiger partial charge on any atom is 0.329 e. The van der Waals surface area contributed by atoms with Crippen molar-refractivity contribution in [3.8, 4) is 5.75 Å². The van der Waals surface area contributed by atoms with Crippen LogP contribution < -0.4 is 4.74 Å². The van der Waals surface area contributed by atoms with Crippen LogP contribution in [0.15, 0.2) is 28.8 Å². The van der Waals surface area contributed by atoms with Gasteiger partial charge in [0.05, 0.1) is 19.8 Å². The molecule has 0 aliphatic carbocycles. The molecule has 1 N–H and O–H groups in total. The number of ether oxygens (including phenoxy) is 2. The Labute approximate surface area is 213 Å². The fraction of sp³-hybridized carbons (Fsp3) is 0.607.